The minimum atomic E-state index is -0.244. The summed E-state index contributed by atoms with van der Waals surface area (Å²) >= 11 is 1.61. The van der Waals surface area contributed by atoms with E-state index in [-0.39, 0.29) is 5.82 Å². The molecule has 0 bridgehead atoms. The van der Waals surface area contributed by atoms with E-state index in [9.17, 15) is 4.39 Å². The van der Waals surface area contributed by atoms with Gasteiger partial charge in [0, 0.05) is 11.1 Å². The van der Waals surface area contributed by atoms with Crippen LogP contribution in [0.25, 0.3) is 32.7 Å². The van der Waals surface area contributed by atoms with Gasteiger partial charge >= 0.3 is 0 Å². The minimum absolute atomic E-state index is 0.244. The van der Waals surface area contributed by atoms with Crippen LogP contribution in [0.4, 0.5) is 4.39 Å². The van der Waals surface area contributed by atoms with Crippen molar-refractivity contribution < 1.29 is 4.39 Å². The standard InChI is InChI=1S/C18H13FN4S/c1-2-15-21-23-17-16(20-18(23)24-15)13-5-3-4-6-14(13)22(17)12-9-7-11(19)8-10-12/h3-10H,2H2,1H3. The topological polar surface area (TPSA) is 35.1 Å². The lowest BCUT2D eigenvalue weighted by molar-refractivity contribution is 0.627. The summed E-state index contributed by atoms with van der Waals surface area (Å²) < 4.78 is 17.4. The summed E-state index contributed by atoms with van der Waals surface area (Å²) in [4.78, 5) is 5.69. The third-order valence-electron chi connectivity index (χ3n) is 4.22. The van der Waals surface area contributed by atoms with Crippen molar-refractivity contribution in [3.8, 4) is 5.69 Å². The number of benzene rings is 2. The van der Waals surface area contributed by atoms with Gasteiger partial charge in [0.1, 0.15) is 16.3 Å². The Bertz CT molecular complexity index is 1200. The molecule has 0 fully saturated rings. The van der Waals surface area contributed by atoms with Crippen LogP contribution in [0.1, 0.15) is 11.9 Å². The highest BCUT2D eigenvalue weighted by atomic mass is 32.1. The second-order valence-corrected chi connectivity index (χ2v) is 6.70. The van der Waals surface area contributed by atoms with Crippen LogP contribution in [-0.2, 0) is 6.42 Å². The average Bonchev–Trinajstić information content (AvgIpc) is 3.24. The molecule has 0 unspecified atom stereocenters. The molecule has 0 atom stereocenters. The van der Waals surface area contributed by atoms with Gasteiger partial charge in [0.15, 0.2) is 5.65 Å². The monoisotopic (exact) mass is 336 g/mol. The Hall–Kier alpha value is -2.73. The summed E-state index contributed by atoms with van der Waals surface area (Å²) in [6, 6.07) is 14.7. The molecule has 0 saturated heterocycles. The third kappa shape index (κ3) is 1.77. The Balaban J connectivity index is 1.98. The third-order valence-corrected chi connectivity index (χ3v) is 5.27. The second kappa shape index (κ2) is 4.88. The van der Waals surface area contributed by atoms with E-state index >= 15 is 0 Å². The van der Waals surface area contributed by atoms with Gasteiger partial charge in [0.05, 0.1) is 5.52 Å². The molecule has 6 heteroatoms. The van der Waals surface area contributed by atoms with Crippen LogP contribution in [0, 0.1) is 5.82 Å². The van der Waals surface area contributed by atoms with Crippen LogP contribution in [-0.4, -0.2) is 19.2 Å². The number of hydrogen-bond donors (Lipinski definition) is 0. The first kappa shape index (κ1) is 13.7. The Morgan fingerprint density at radius 3 is 2.67 bits per heavy atom. The molecule has 3 aromatic heterocycles. The molecule has 0 spiro atoms. The number of halogens is 1. The number of rotatable bonds is 2. The van der Waals surface area contributed by atoms with E-state index in [0.717, 1.165) is 44.1 Å². The quantitative estimate of drug-likeness (QED) is 0.473. The maximum absolute atomic E-state index is 13.4. The van der Waals surface area contributed by atoms with E-state index in [1.165, 1.54) is 12.1 Å². The van der Waals surface area contributed by atoms with Gasteiger partial charge in [0.2, 0.25) is 4.96 Å². The summed E-state index contributed by atoms with van der Waals surface area (Å²) in [5.74, 6) is -0.244. The van der Waals surface area contributed by atoms with Crippen molar-refractivity contribution >= 4 is 38.4 Å². The highest BCUT2D eigenvalue weighted by molar-refractivity contribution is 7.16. The summed E-state index contributed by atoms with van der Waals surface area (Å²) in [5, 5.41) is 6.82. The normalized spacial score (nSPS) is 11.9. The number of hydrogen-bond acceptors (Lipinski definition) is 3. The zero-order valence-corrected chi connectivity index (χ0v) is 13.7. The highest BCUT2D eigenvalue weighted by Gasteiger charge is 2.20. The lowest BCUT2D eigenvalue weighted by Crippen LogP contribution is -1.98. The smallest absolute Gasteiger partial charge is 0.214 e. The molecule has 0 N–H and O–H groups in total. The lowest BCUT2D eigenvalue weighted by atomic mass is 10.2. The van der Waals surface area contributed by atoms with Gasteiger partial charge in [-0.2, -0.15) is 9.61 Å². The van der Waals surface area contributed by atoms with Crippen molar-refractivity contribution in [1.82, 2.24) is 19.2 Å². The number of nitrogens with zero attached hydrogens (tertiary/aromatic N) is 4. The molecule has 24 heavy (non-hydrogen) atoms. The van der Waals surface area contributed by atoms with E-state index in [1.807, 2.05) is 16.6 Å². The first-order valence-electron chi connectivity index (χ1n) is 7.80. The van der Waals surface area contributed by atoms with Crippen molar-refractivity contribution in [3.63, 3.8) is 0 Å². The predicted octanol–water partition coefficient (Wildman–Crippen LogP) is 4.59. The number of imidazole rings is 1. The van der Waals surface area contributed by atoms with Crippen LogP contribution >= 0.6 is 11.3 Å². The van der Waals surface area contributed by atoms with Crippen molar-refractivity contribution in [2.24, 2.45) is 0 Å². The van der Waals surface area contributed by atoms with Crippen molar-refractivity contribution in [2.75, 3.05) is 0 Å². The van der Waals surface area contributed by atoms with Gasteiger partial charge in [-0.3, -0.25) is 4.57 Å². The number of aryl methyl sites for hydroxylation is 1. The molecular weight excluding hydrogens is 323 g/mol. The van der Waals surface area contributed by atoms with Crippen LogP contribution < -0.4 is 0 Å². The lowest BCUT2D eigenvalue weighted by Gasteiger charge is -2.06. The Morgan fingerprint density at radius 2 is 1.88 bits per heavy atom. The van der Waals surface area contributed by atoms with E-state index in [4.69, 9.17) is 10.1 Å². The van der Waals surface area contributed by atoms with Crippen molar-refractivity contribution in [1.29, 1.82) is 0 Å². The molecule has 118 valence electrons. The molecule has 0 aliphatic carbocycles. The Morgan fingerprint density at radius 1 is 1.08 bits per heavy atom. The number of para-hydroxylation sites is 1. The second-order valence-electron chi connectivity index (χ2n) is 5.66. The van der Waals surface area contributed by atoms with E-state index < -0.39 is 0 Å². The van der Waals surface area contributed by atoms with Gasteiger partial charge in [0.25, 0.3) is 0 Å². The molecule has 0 amide bonds. The van der Waals surface area contributed by atoms with E-state index in [2.05, 4.69) is 23.6 Å². The Kier molecular flexibility index (Phi) is 2.78. The molecule has 0 aliphatic heterocycles. The molecule has 0 saturated carbocycles. The van der Waals surface area contributed by atoms with Crippen LogP contribution in [0.2, 0.25) is 0 Å². The number of fused-ring (bicyclic) bond motifs is 5. The zero-order chi connectivity index (χ0) is 16.3. The fourth-order valence-electron chi connectivity index (χ4n) is 3.14. The molecular formula is C18H13FN4S. The average molecular weight is 336 g/mol. The number of aromatic nitrogens is 4. The van der Waals surface area contributed by atoms with Crippen LogP contribution in [0.15, 0.2) is 48.5 Å². The molecule has 2 aromatic carbocycles. The molecule has 3 heterocycles. The van der Waals surface area contributed by atoms with Gasteiger partial charge in [-0.15, -0.1) is 0 Å². The maximum Gasteiger partial charge on any atom is 0.214 e. The highest BCUT2D eigenvalue weighted by Crippen LogP contribution is 2.33. The predicted molar refractivity (Wildman–Crippen MR) is 94.5 cm³/mol. The van der Waals surface area contributed by atoms with Gasteiger partial charge < -0.3 is 0 Å². The summed E-state index contributed by atoms with van der Waals surface area (Å²) in [6.07, 6.45) is 0.881. The summed E-state index contributed by atoms with van der Waals surface area (Å²) in [5.41, 5.74) is 3.79. The Labute approximate surface area is 140 Å². The zero-order valence-electron chi connectivity index (χ0n) is 12.9. The van der Waals surface area contributed by atoms with E-state index in [0.29, 0.717) is 0 Å². The minimum Gasteiger partial charge on any atom is -0.292 e. The van der Waals surface area contributed by atoms with Gasteiger partial charge in [-0.1, -0.05) is 36.5 Å². The first-order valence-corrected chi connectivity index (χ1v) is 8.61. The van der Waals surface area contributed by atoms with Crippen molar-refractivity contribution in [2.45, 2.75) is 13.3 Å². The summed E-state index contributed by atoms with van der Waals surface area (Å²) in [7, 11) is 0. The largest absolute Gasteiger partial charge is 0.292 e. The SMILES string of the molecule is CCc1nn2c(nc3c4ccccc4n(-c4ccc(F)cc4)c32)s1. The maximum atomic E-state index is 13.4. The molecule has 5 rings (SSSR count). The van der Waals surface area contributed by atoms with Gasteiger partial charge in [-0.25, -0.2) is 9.37 Å². The van der Waals surface area contributed by atoms with Crippen molar-refractivity contribution in [3.05, 3.63) is 59.4 Å². The van der Waals surface area contributed by atoms with Crippen LogP contribution in [0.3, 0.4) is 0 Å². The molecule has 5 aromatic rings. The molecule has 4 nitrogen and oxygen atoms in total. The molecule has 0 aliphatic rings. The summed E-state index contributed by atoms with van der Waals surface area (Å²) in [6.45, 7) is 2.09. The first-order chi connectivity index (χ1) is 11.8. The van der Waals surface area contributed by atoms with Crippen LogP contribution in [0.5, 0.6) is 0 Å². The molecule has 0 radical (unpaired) electrons. The van der Waals surface area contributed by atoms with Gasteiger partial charge in [-0.05, 0) is 36.8 Å². The van der Waals surface area contributed by atoms with E-state index in [1.54, 1.807) is 23.5 Å². The fourth-order valence-corrected chi connectivity index (χ4v) is 3.96. The fraction of sp³-hybridized carbons (Fsp3) is 0.111.